The molecular formula is C27H24N2O3S. The summed E-state index contributed by atoms with van der Waals surface area (Å²) in [5.74, 6) is 0.610. The minimum absolute atomic E-state index is 0.151. The molecule has 0 aromatic heterocycles. The number of nitrogens with zero attached hydrogens (tertiary/aromatic N) is 1. The number of para-hydroxylation sites is 1. The topological polar surface area (TPSA) is 67.8 Å². The quantitative estimate of drug-likeness (QED) is 0.289. The number of sulfonamides is 1. The maximum absolute atomic E-state index is 12.9. The molecule has 0 amide bonds. The zero-order chi connectivity index (χ0) is 23.1. The first-order valence-corrected chi connectivity index (χ1v) is 12.0. The summed E-state index contributed by atoms with van der Waals surface area (Å²) < 4.78 is 31.8. The molecule has 4 rings (SSSR count). The molecule has 0 atom stereocenters. The van der Waals surface area contributed by atoms with Crippen LogP contribution in [0.2, 0.25) is 0 Å². The average molecular weight is 457 g/mol. The standard InChI is InChI=1S/C27H24N2O3S/c1-21-16-18-24(19-17-21)33(30,31)29-28-27(23-12-6-3-7-13-23)25-14-8-9-15-26(25)32-20-22-10-4-2-5-11-22/h2-19,29H,20H2,1H3/b28-27+. The van der Waals surface area contributed by atoms with Crippen LogP contribution in [0.3, 0.4) is 0 Å². The molecule has 166 valence electrons. The monoisotopic (exact) mass is 456 g/mol. The lowest BCUT2D eigenvalue weighted by Crippen LogP contribution is -2.21. The van der Waals surface area contributed by atoms with Gasteiger partial charge in [-0.2, -0.15) is 18.4 Å². The number of benzene rings is 4. The molecule has 0 aliphatic rings. The van der Waals surface area contributed by atoms with Crippen molar-refractivity contribution in [2.24, 2.45) is 5.10 Å². The first kappa shape index (κ1) is 22.3. The lowest BCUT2D eigenvalue weighted by molar-refractivity contribution is 0.305. The van der Waals surface area contributed by atoms with Crippen LogP contribution in [0.25, 0.3) is 0 Å². The molecule has 0 saturated heterocycles. The number of hydrazone groups is 1. The molecule has 0 unspecified atom stereocenters. The fraction of sp³-hybridized carbons (Fsp3) is 0.0741. The van der Waals surface area contributed by atoms with E-state index in [2.05, 4.69) is 9.93 Å². The van der Waals surface area contributed by atoms with E-state index in [1.54, 1.807) is 24.3 Å². The van der Waals surface area contributed by atoms with Crippen LogP contribution < -0.4 is 9.57 Å². The Labute approximate surface area is 194 Å². The summed E-state index contributed by atoms with van der Waals surface area (Å²) in [6, 6.07) is 33.4. The number of hydrogen-bond acceptors (Lipinski definition) is 4. The predicted octanol–water partition coefficient (Wildman–Crippen LogP) is 5.30. The van der Waals surface area contributed by atoms with E-state index >= 15 is 0 Å². The summed E-state index contributed by atoms with van der Waals surface area (Å²) in [5.41, 5.74) is 3.93. The fourth-order valence-corrected chi connectivity index (χ4v) is 4.09. The second kappa shape index (κ2) is 10.1. The molecule has 0 aliphatic carbocycles. The third kappa shape index (κ3) is 5.67. The molecule has 0 fully saturated rings. The van der Waals surface area contributed by atoms with Gasteiger partial charge in [-0.25, -0.2) is 0 Å². The van der Waals surface area contributed by atoms with Gasteiger partial charge in [-0.15, -0.1) is 0 Å². The average Bonchev–Trinajstić information content (AvgIpc) is 2.85. The maximum Gasteiger partial charge on any atom is 0.276 e. The molecule has 0 aliphatic heterocycles. The summed E-state index contributed by atoms with van der Waals surface area (Å²) >= 11 is 0. The van der Waals surface area contributed by atoms with Crippen LogP contribution in [0.5, 0.6) is 5.75 Å². The Morgan fingerprint density at radius 1 is 0.788 bits per heavy atom. The van der Waals surface area contributed by atoms with Gasteiger partial charge in [0.2, 0.25) is 0 Å². The molecule has 0 spiro atoms. The second-order valence-corrected chi connectivity index (χ2v) is 9.17. The summed E-state index contributed by atoms with van der Waals surface area (Å²) in [6.07, 6.45) is 0. The van der Waals surface area contributed by atoms with Gasteiger partial charge in [0.1, 0.15) is 18.1 Å². The number of aryl methyl sites for hydroxylation is 1. The van der Waals surface area contributed by atoms with E-state index in [-0.39, 0.29) is 4.90 Å². The number of hydrogen-bond donors (Lipinski definition) is 1. The highest BCUT2D eigenvalue weighted by Crippen LogP contribution is 2.24. The highest BCUT2D eigenvalue weighted by molar-refractivity contribution is 7.89. The van der Waals surface area contributed by atoms with Crippen molar-refractivity contribution in [2.75, 3.05) is 0 Å². The second-order valence-electron chi connectivity index (χ2n) is 7.50. The molecular weight excluding hydrogens is 432 g/mol. The van der Waals surface area contributed by atoms with Crippen molar-refractivity contribution in [1.82, 2.24) is 4.83 Å². The zero-order valence-corrected chi connectivity index (χ0v) is 19.0. The Kier molecular flexibility index (Phi) is 6.86. The third-order valence-corrected chi connectivity index (χ3v) is 6.26. The van der Waals surface area contributed by atoms with Crippen molar-refractivity contribution in [1.29, 1.82) is 0 Å². The molecule has 0 heterocycles. The van der Waals surface area contributed by atoms with Crippen LogP contribution in [-0.4, -0.2) is 14.1 Å². The van der Waals surface area contributed by atoms with Gasteiger partial charge in [0.15, 0.2) is 0 Å². The van der Waals surface area contributed by atoms with E-state index in [0.717, 1.165) is 16.7 Å². The lowest BCUT2D eigenvalue weighted by atomic mass is 10.0. The highest BCUT2D eigenvalue weighted by Gasteiger charge is 2.17. The van der Waals surface area contributed by atoms with Gasteiger partial charge < -0.3 is 4.74 Å². The fourth-order valence-electron chi connectivity index (χ4n) is 3.28. The highest BCUT2D eigenvalue weighted by atomic mass is 32.2. The number of rotatable bonds is 8. The van der Waals surface area contributed by atoms with Crippen molar-refractivity contribution in [3.8, 4) is 5.75 Å². The molecule has 0 bridgehead atoms. The molecule has 1 N–H and O–H groups in total. The first-order chi connectivity index (χ1) is 16.0. The molecule has 4 aromatic carbocycles. The normalized spacial score (nSPS) is 11.7. The molecule has 0 radical (unpaired) electrons. The molecule has 33 heavy (non-hydrogen) atoms. The lowest BCUT2D eigenvalue weighted by Gasteiger charge is -2.14. The zero-order valence-electron chi connectivity index (χ0n) is 18.2. The Balaban J connectivity index is 1.69. The minimum Gasteiger partial charge on any atom is -0.488 e. The Bertz CT molecular complexity index is 1340. The van der Waals surface area contributed by atoms with Crippen LogP contribution in [0.15, 0.2) is 119 Å². The molecule has 4 aromatic rings. The van der Waals surface area contributed by atoms with E-state index in [9.17, 15) is 8.42 Å². The van der Waals surface area contributed by atoms with E-state index in [1.165, 1.54) is 0 Å². The molecule has 5 nitrogen and oxygen atoms in total. The van der Waals surface area contributed by atoms with Gasteiger partial charge >= 0.3 is 0 Å². The molecule has 6 heteroatoms. The predicted molar refractivity (Wildman–Crippen MR) is 131 cm³/mol. The summed E-state index contributed by atoms with van der Waals surface area (Å²) in [4.78, 5) is 2.55. The van der Waals surface area contributed by atoms with Crippen LogP contribution in [0.1, 0.15) is 22.3 Å². The Hall–Kier alpha value is -3.90. The maximum atomic E-state index is 12.9. The Morgan fingerprint density at radius 3 is 2.09 bits per heavy atom. The van der Waals surface area contributed by atoms with E-state index in [4.69, 9.17) is 4.74 Å². The first-order valence-electron chi connectivity index (χ1n) is 10.5. The van der Waals surface area contributed by atoms with Crippen LogP contribution >= 0.6 is 0 Å². The van der Waals surface area contributed by atoms with Gasteiger partial charge in [-0.1, -0.05) is 90.5 Å². The SMILES string of the molecule is Cc1ccc(S(=O)(=O)N/N=C(\c2ccccc2)c2ccccc2OCc2ccccc2)cc1. The van der Waals surface area contributed by atoms with Gasteiger partial charge in [0.05, 0.1) is 4.90 Å². The van der Waals surface area contributed by atoms with E-state index in [1.807, 2.05) is 91.9 Å². The van der Waals surface area contributed by atoms with Gasteiger partial charge in [-0.05, 0) is 36.8 Å². The van der Waals surface area contributed by atoms with Crippen molar-refractivity contribution in [3.05, 3.63) is 131 Å². The van der Waals surface area contributed by atoms with Gasteiger partial charge in [0.25, 0.3) is 10.0 Å². The van der Waals surface area contributed by atoms with Crippen molar-refractivity contribution < 1.29 is 13.2 Å². The van der Waals surface area contributed by atoms with Crippen molar-refractivity contribution in [3.63, 3.8) is 0 Å². The Morgan fingerprint density at radius 2 is 1.39 bits per heavy atom. The number of ether oxygens (including phenoxy) is 1. The third-order valence-electron chi connectivity index (χ3n) is 5.04. The number of nitrogens with one attached hydrogen (secondary N) is 1. The smallest absolute Gasteiger partial charge is 0.276 e. The van der Waals surface area contributed by atoms with Crippen molar-refractivity contribution in [2.45, 2.75) is 18.4 Å². The van der Waals surface area contributed by atoms with Crippen LogP contribution in [-0.2, 0) is 16.6 Å². The molecule has 0 saturated carbocycles. The summed E-state index contributed by atoms with van der Waals surface area (Å²) in [6.45, 7) is 2.29. The minimum atomic E-state index is -3.83. The van der Waals surface area contributed by atoms with E-state index < -0.39 is 10.0 Å². The van der Waals surface area contributed by atoms with E-state index in [0.29, 0.717) is 23.6 Å². The van der Waals surface area contributed by atoms with Crippen LogP contribution in [0, 0.1) is 6.92 Å². The van der Waals surface area contributed by atoms with Crippen LogP contribution in [0.4, 0.5) is 0 Å². The van der Waals surface area contributed by atoms with Gasteiger partial charge in [0, 0.05) is 11.1 Å². The van der Waals surface area contributed by atoms with Crippen molar-refractivity contribution >= 4 is 15.7 Å². The van der Waals surface area contributed by atoms with Gasteiger partial charge in [-0.3, -0.25) is 0 Å². The largest absolute Gasteiger partial charge is 0.488 e. The summed E-state index contributed by atoms with van der Waals surface area (Å²) in [5, 5.41) is 4.35. The summed E-state index contributed by atoms with van der Waals surface area (Å²) in [7, 11) is -3.83.